The van der Waals surface area contributed by atoms with E-state index in [4.69, 9.17) is 0 Å². The summed E-state index contributed by atoms with van der Waals surface area (Å²) in [4.78, 5) is 12.7. The van der Waals surface area contributed by atoms with Crippen LogP contribution in [0.25, 0.3) is 22.2 Å². The molecule has 0 atom stereocenters. The van der Waals surface area contributed by atoms with Crippen LogP contribution in [0.15, 0.2) is 36.7 Å². The second kappa shape index (κ2) is 7.65. The normalized spacial score (nSPS) is 11.8. The Kier molecular flexibility index (Phi) is 5.50. The van der Waals surface area contributed by atoms with Crippen molar-refractivity contribution in [1.82, 2.24) is 23.4 Å². The van der Waals surface area contributed by atoms with Gasteiger partial charge in [0.15, 0.2) is 0 Å². The van der Waals surface area contributed by atoms with Crippen molar-refractivity contribution in [2.75, 3.05) is 14.1 Å². The molecule has 0 amide bonds. The predicted molar refractivity (Wildman–Crippen MR) is 108 cm³/mol. The molecular formula is C19H25N5OS. The van der Waals surface area contributed by atoms with Crippen LogP contribution in [0, 0.1) is 5.92 Å². The van der Waals surface area contributed by atoms with E-state index in [1.165, 1.54) is 12.1 Å². The molecule has 0 radical (unpaired) electrons. The van der Waals surface area contributed by atoms with E-state index >= 15 is 0 Å². The van der Waals surface area contributed by atoms with E-state index in [0.717, 1.165) is 27.7 Å². The first-order valence-electron chi connectivity index (χ1n) is 8.62. The van der Waals surface area contributed by atoms with Crippen LogP contribution < -0.4 is 4.72 Å². The van der Waals surface area contributed by atoms with Gasteiger partial charge in [-0.15, -0.1) is 0 Å². The predicted octanol–water partition coefficient (Wildman–Crippen LogP) is 3.55. The lowest BCUT2D eigenvalue weighted by molar-refractivity contribution is 0.0860. The molecule has 138 valence electrons. The smallest absolute Gasteiger partial charge is 0.233 e. The van der Waals surface area contributed by atoms with Gasteiger partial charge in [-0.05, 0) is 31.8 Å². The van der Waals surface area contributed by atoms with E-state index < -0.39 is 0 Å². The molecule has 0 aliphatic rings. The fourth-order valence-corrected chi connectivity index (χ4v) is 3.43. The van der Waals surface area contributed by atoms with E-state index in [1.807, 2.05) is 56.2 Å². The average molecular weight is 372 g/mol. The maximum atomic E-state index is 12.7. The fraction of sp³-hybridized carbons (Fsp3) is 0.368. The van der Waals surface area contributed by atoms with E-state index in [9.17, 15) is 4.79 Å². The second-order valence-corrected chi connectivity index (χ2v) is 8.02. The standard InChI is InChI=1S/C19H25N5OS/c1-13(2)19(25)24-12-15(11-21-26-22(3)4)16-7-6-14(10-18(16)24)17-8-9-20-23(17)5/h6-10,12-13,21H,11H2,1-5H3. The number of rotatable bonds is 6. The van der Waals surface area contributed by atoms with Crippen molar-refractivity contribution in [3.05, 3.63) is 42.2 Å². The van der Waals surface area contributed by atoms with Gasteiger partial charge in [0.2, 0.25) is 5.91 Å². The van der Waals surface area contributed by atoms with E-state index in [0.29, 0.717) is 6.54 Å². The van der Waals surface area contributed by atoms with Gasteiger partial charge >= 0.3 is 0 Å². The number of carbonyl (C=O) groups is 1. The number of hydrogen-bond acceptors (Lipinski definition) is 5. The Balaban J connectivity index is 2.07. The first-order valence-corrected chi connectivity index (χ1v) is 9.39. The Labute approximate surface area is 158 Å². The first-order chi connectivity index (χ1) is 12.4. The first kappa shape index (κ1) is 18.7. The van der Waals surface area contributed by atoms with E-state index in [1.54, 1.807) is 10.8 Å². The molecular weight excluding hydrogens is 346 g/mol. The van der Waals surface area contributed by atoms with Gasteiger partial charge in [0.05, 0.1) is 11.2 Å². The van der Waals surface area contributed by atoms with Crippen molar-refractivity contribution in [2.45, 2.75) is 20.4 Å². The van der Waals surface area contributed by atoms with Crippen molar-refractivity contribution >= 4 is 28.9 Å². The minimum atomic E-state index is -0.0667. The summed E-state index contributed by atoms with van der Waals surface area (Å²) in [6, 6.07) is 8.25. The summed E-state index contributed by atoms with van der Waals surface area (Å²) < 4.78 is 8.96. The van der Waals surface area contributed by atoms with Crippen molar-refractivity contribution in [2.24, 2.45) is 13.0 Å². The lowest BCUT2D eigenvalue weighted by Gasteiger charge is -2.08. The quantitative estimate of drug-likeness (QED) is 0.672. The molecule has 0 aliphatic heterocycles. The molecule has 3 rings (SSSR count). The molecule has 0 fully saturated rings. The summed E-state index contributed by atoms with van der Waals surface area (Å²) in [5, 5.41) is 5.34. The number of hydrogen-bond donors (Lipinski definition) is 1. The van der Waals surface area contributed by atoms with Gasteiger partial charge in [0.25, 0.3) is 0 Å². The zero-order chi connectivity index (χ0) is 18.8. The lowest BCUT2D eigenvalue weighted by Crippen LogP contribution is -2.16. The molecule has 2 heterocycles. The summed E-state index contributed by atoms with van der Waals surface area (Å²) in [6.07, 6.45) is 3.74. The molecule has 26 heavy (non-hydrogen) atoms. The van der Waals surface area contributed by atoms with Crippen LogP contribution in [0.1, 0.15) is 24.2 Å². The molecule has 0 aliphatic carbocycles. The SMILES string of the molecule is CC(C)C(=O)n1cc(CNSN(C)C)c2ccc(-c3ccnn3C)cc21. The minimum Gasteiger partial charge on any atom is -0.287 e. The van der Waals surface area contributed by atoms with Gasteiger partial charge in [0, 0.05) is 55.0 Å². The third-order valence-corrected chi connectivity index (χ3v) is 4.88. The van der Waals surface area contributed by atoms with Crippen LogP contribution in [0.5, 0.6) is 0 Å². The Hall–Kier alpha value is -2.09. The highest BCUT2D eigenvalue weighted by atomic mass is 32.2. The molecule has 7 heteroatoms. The highest BCUT2D eigenvalue weighted by molar-refractivity contribution is 7.95. The van der Waals surface area contributed by atoms with Crippen molar-refractivity contribution in [3.8, 4) is 11.3 Å². The summed E-state index contributed by atoms with van der Waals surface area (Å²) in [5.41, 5.74) is 4.13. The Morgan fingerprint density at radius 3 is 2.69 bits per heavy atom. The van der Waals surface area contributed by atoms with Crippen LogP contribution in [-0.4, -0.2) is 38.7 Å². The number of carbonyl (C=O) groups excluding carboxylic acids is 1. The number of fused-ring (bicyclic) bond motifs is 1. The Morgan fingerprint density at radius 2 is 2.08 bits per heavy atom. The lowest BCUT2D eigenvalue weighted by atomic mass is 10.1. The second-order valence-electron chi connectivity index (χ2n) is 6.81. The number of nitrogens with one attached hydrogen (secondary N) is 1. The van der Waals surface area contributed by atoms with Crippen molar-refractivity contribution in [1.29, 1.82) is 0 Å². The van der Waals surface area contributed by atoms with E-state index in [-0.39, 0.29) is 11.8 Å². The molecule has 0 spiro atoms. The molecule has 3 aromatic rings. The topological polar surface area (TPSA) is 55.1 Å². The van der Waals surface area contributed by atoms with Gasteiger partial charge in [-0.3, -0.25) is 14.0 Å². The number of aryl methyl sites for hydroxylation is 1. The van der Waals surface area contributed by atoms with Crippen LogP contribution in [-0.2, 0) is 13.6 Å². The zero-order valence-electron chi connectivity index (χ0n) is 15.9. The van der Waals surface area contributed by atoms with Gasteiger partial charge in [-0.2, -0.15) is 5.10 Å². The molecule has 2 aromatic heterocycles. The Bertz CT molecular complexity index is 925. The van der Waals surface area contributed by atoms with Gasteiger partial charge < -0.3 is 0 Å². The number of aromatic nitrogens is 3. The summed E-state index contributed by atoms with van der Waals surface area (Å²) in [7, 11) is 5.90. The largest absolute Gasteiger partial charge is 0.287 e. The highest BCUT2D eigenvalue weighted by Crippen LogP contribution is 2.28. The molecule has 0 saturated carbocycles. The van der Waals surface area contributed by atoms with E-state index in [2.05, 4.69) is 28.0 Å². The van der Waals surface area contributed by atoms with Gasteiger partial charge in [0.1, 0.15) is 0 Å². The van der Waals surface area contributed by atoms with Crippen LogP contribution in [0.4, 0.5) is 0 Å². The zero-order valence-corrected chi connectivity index (χ0v) is 16.7. The van der Waals surface area contributed by atoms with Crippen LogP contribution in [0.2, 0.25) is 0 Å². The summed E-state index contributed by atoms with van der Waals surface area (Å²) in [6.45, 7) is 4.54. The molecule has 0 bridgehead atoms. The van der Waals surface area contributed by atoms with Crippen molar-refractivity contribution < 1.29 is 4.79 Å². The van der Waals surface area contributed by atoms with Crippen LogP contribution >= 0.6 is 12.1 Å². The number of nitrogens with zero attached hydrogens (tertiary/aromatic N) is 4. The molecule has 0 saturated heterocycles. The van der Waals surface area contributed by atoms with Gasteiger partial charge in [-0.1, -0.05) is 26.0 Å². The maximum Gasteiger partial charge on any atom is 0.233 e. The van der Waals surface area contributed by atoms with Gasteiger partial charge in [-0.25, -0.2) is 9.03 Å². The Morgan fingerprint density at radius 1 is 1.31 bits per heavy atom. The molecule has 0 unspecified atom stereocenters. The third kappa shape index (κ3) is 3.70. The molecule has 1 aromatic carbocycles. The third-order valence-electron chi connectivity index (χ3n) is 4.25. The minimum absolute atomic E-state index is 0.0667. The monoisotopic (exact) mass is 371 g/mol. The summed E-state index contributed by atoms with van der Waals surface area (Å²) >= 11 is 1.54. The molecule has 6 nitrogen and oxygen atoms in total. The average Bonchev–Trinajstić information content (AvgIpc) is 3.17. The fourth-order valence-electron chi connectivity index (χ4n) is 2.95. The number of benzene rings is 1. The maximum absolute atomic E-state index is 12.7. The van der Waals surface area contributed by atoms with Crippen molar-refractivity contribution in [3.63, 3.8) is 0 Å². The highest BCUT2D eigenvalue weighted by Gasteiger charge is 2.17. The summed E-state index contributed by atoms with van der Waals surface area (Å²) in [5.74, 6) is 0.0339. The molecule has 1 N–H and O–H groups in total. The van der Waals surface area contributed by atoms with Crippen LogP contribution in [0.3, 0.4) is 0 Å².